The number of hydrogen-bond donors (Lipinski definition) is 3. The molecule has 0 aliphatic carbocycles. The summed E-state index contributed by atoms with van der Waals surface area (Å²) in [5.74, 6) is -0.102. The lowest BCUT2D eigenvalue weighted by molar-refractivity contribution is -0.115. The molecule has 1 unspecified atom stereocenters. The molecule has 112 valence electrons. The molecule has 3 heterocycles. The number of hydrogen-bond acceptors (Lipinski definition) is 4. The Morgan fingerprint density at radius 3 is 3.00 bits per heavy atom. The van der Waals surface area contributed by atoms with Crippen LogP contribution in [0.25, 0.3) is 0 Å². The van der Waals surface area contributed by atoms with Gasteiger partial charge in [-0.1, -0.05) is 18.2 Å². The summed E-state index contributed by atoms with van der Waals surface area (Å²) in [6.45, 7) is 2.10. The maximum atomic E-state index is 12.7. The van der Waals surface area contributed by atoms with Crippen LogP contribution in [-0.2, 0) is 16.8 Å². The maximum Gasteiger partial charge on any atom is 0.266 e. The van der Waals surface area contributed by atoms with Crippen molar-refractivity contribution >= 4 is 17.3 Å². The molecule has 2 aromatic rings. The summed E-state index contributed by atoms with van der Waals surface area (Å²) in [5.41, 5.74) is 3.29. The van der Waals surface area contributed by atoms with Crippen molar-refractivity contribution in [2.75, 3.05) is 13.1 Å². The molecule has 1 amide bonds. The number of aliphatic imine (C=N–C) groups is 1. The second kappa shape index (κ2) is 5.06. The molecule has 0 radical (unpaired) electrons. The van der Waals surface area contributed by atoms with E-state index < -0.39 is 0 Å². The minimum atomic E-state index is -0.283. The fraction of sp³-hybridized carbons (Fsp3) is 0.312. The van der Waals surface area contributed by atoms with E-state index in [1.54, 1.807) is 6.20 Å². The minimum absolute atomic E-state index is 0.102. The van der Waals surface area contributed by atoms with Gasteiger partial charge in [-0.15, -0.1) is 0 Å². The molecule has 6 nitrogen and oxygen atoms in total. The van der Waals surface area contributed by atoms with E-state index in [0.29, 0.717) is 12.3 Å². The highest BCUT2D eigenvalue weighted by Gasteiger charge is 2.48. The summed E-state index contributed by atoms with van der Waals surface area (Å²) < 4.78 is 0. The average molecular weight is 295 g/mol. The van der Waals surface area contributed by atoms with Crippen molar-refractivity contribution in [3.05, 3.63) is 47.8 Å². The van der Waals surface area contributed by atoms with Gasteiger partial charge in [-0.3, -0.25) is 9.89 Å². The number of aromatic nitrogens is 2. The molecule has 4 rings (SSSR count). The van der Waals surface area contributed by atoms with Gasteiger partial charge < -0.3 is 10.6 Å². The lowest BCUT2D eigenvalue weighted by atomic mass is 9.76. The molecule has 1 saturated heterocycles. The number of carbonyl (C=O) groups excluding carboxylic acids is 1. The minimum Gasteiger partial charge on any atom is -0.345 e. The molecular formula is C16H17N5O. The quantitative estimate of drug-likeness (QED) is 0.791. The Morgan fingerprint density at radius 2 is 2.23 bits per heavy atom. The molecule has 1 spiro atoms. The molecule has 0 saturated carbocycles. The number of nitrogens with one attached hydrogen (secondary N) is 3. The molecule has 3 N–H and O–H groups in total. The van der Waals surface area contributed by atoms with E-state index in [-0.39, 0.29) is 11.3 Å². The Labute approximate surface area is 128 Å². The van der Waals surface area contributed by atoms with Crippen molar-refractivity contribution in [2.24, 2.45) is 4.99 Å². The van der Waals surface area contributed by atoms with Gasteiger partial charge in [-0.25, -0.2) is 4.99 Å². The van der Waals surface area contributed by atoms with Gasteiger partial charge in [0.25, 0.3) is 5.91 Å². The SMILES string of the molecule is O=C(NCc1ccn[nH]1)C1=Nc2ccccc2C12CCNC2. The average Bonchev–Trinajstić information content (AvgIpc) is 3.27. The zero-order chi connectivity index (χ0) is 15.0. The van der Waals surface area contributed by atoms with Gasteiger partial charge in [0.2, 0.25) is 0 Å². The highest BCUT2D eigenvalue weighted by atomic mass is 16.1. The summed E-state index contributed by atoms with van der Waals surface area (Å²) in [5, 5.41) is 13.0. The predicted molar refractivity (Wildman–Crippen MR) is 83.1 cm³/mol. The molecular weight excluding hydrogens is 278 g/mol. The number of carbonyl (C=O) groups is 1. The molecule has 22 heavy (non-hydrogen) atoms. The first-order chi connectivity index (χ1) is 10.8. The third kappa shape index (κ3) is 1.95. The largest absolute Gasteiger partial charge is 0.345 e. The lowest BCUT2D eigenvalue weighted by Gasteiger charge is -2.25. The van der Waals surface area contributed by atoms with Crippen molar-refractivity contribution in [1.29, 1.82) is 0 Å². The van der Waals surface area contributed by atoms with Crippen LogP contribution >= 0.6 is 0 Å². The number of H-pyrrole nitrogens is 1. The fourth-order valence-corrected chi connectivity index (χ4v) is 3.37. The molecule has 0 bridgehead atoms. The predicted octanol–water partition coefficient (Wildman–Crippen LogP) is 1.04. The van der Waals surface area contributed by atoms with Crippen LogP contribution in [-0.4, -0.2) is 34.9 Å². The van der Waals surface area contributed by atoms with Gasteiger partial charge in [0.05, 0.1) is 23.3 Å². The van der Waals surface area contributed by atoms with Gasteiger partial charge in [0.15, 0.2) is 0 Å². The summed E-state index contributed by atoms with van der Waals surface area (Å²) >= 11 is 0. The van der Waals surface area contributed by atoms with Crippen LogP contribution in [0, 0.1) is 0 Å². The van der Waals surface area contributed by atoms with Crippen molar-refractivity contribution in [3.63, 3.8) is 0 Å². The Balaban J connectivity index is 1.62. The van der Waals surface area contributed by atoms with Gasteiger partial charge >= 0.3 is 0 Å². The molecule has 2 aliphatic rings. The van der Waals surface area contributed by atoms with E-state index in [2.05, 4.69) is 31.9 Å². The van der Waals surface area contributed by atoms with E-state index in [0.717, 1.165) is 36.5 Å². The summed E-state index contributed by atoms with van der Waals surface area (Å²) in [6.07, 6.45) is 2.58. The number of para-hydroxylation sites is 1. The molecule has 1 fully saturated rings. The van der Waals surface area contributed by atoms with Crippen molar-refractivity contribution in [1.82, 2.24) is 20.8 Å². The van der Waals surface area contributed by atoms with E-state index in [1.165, 1.54) is 0 Å². The Hall–Kier alpha value is -2.47. The van der Waals surface area contributed by atoms with Gasteiger partial charge in [-0.2, -0.15) is 5.10 Å². The Bertz CT molecular complexity index is 729. The number of nitrogens with zero attached hydrogens (tertiary/aromatic N) is 2. The smallest absolute Gasteiger partial charge is 0.266 e. The maximum absolute atomic E-state index is 12.7. The van der Waals surface area contributed by atoms with Crippen LogP contribution in [0.4, 0.5) is 5.69 Å². The summed E-state index contributed by atoms with van der Waals surface area (Å²) in [6, 6.07) is 9.88. The van der Waals surface area contributed by atoms with E-state index in [1.807, 2.05) is 24.3 Å². The third-order valence-electron chi connectivity index (χ3n) is 4.47. The lowest BCUT2D eigenvalue weighted by Crippen LogP contribution is -2.45. The normalized spacial score (nSPS) is 22.6. The summed E-state index contributed by atoms with van der Waals surface area (Å²) in [4.78, 5) is 17.3. The molecule has 1 atom stereocenters. The molecule has 1 aromatic heterocycles. The second-order valence-corrected chi connectivity index (χ2v) is 5.75. The number of aromatic amines is 1. The zero-order valence-electron chi connectivity index (χ0n) is 12.1. The van der Waals surface area contributed by atoms with Crippen LogP contribution < -0.4 is 10.6 Å². The van der Waals surface area contributed by atoms with Crippen molar-refractivity contribution in [2.45, 2.75) is 18.4 Å². The molecule has 6 heteroatoms. The van der Waals surface area contributed by atoms with Crippen LogP contribution in [0.3, 0.4) is 0 Å². The summed E-state index contributed by atoms with van der Waals surface area (Å²) in [7, 11) is 0. The van der Waals surface area contributed by atoms with Crippen LogP contribution in [0.1, 0.15) is 17.7 Å². The van der Waals surface area contributed by atoms with E-state index in [4.69, 9.17) is 0 Å². The standard InChI is InChI=1S/C16H17N5O/c22-15(18-9-11-5-7-19-21-11)14-16(6-8-17-10-16)12-3-1-2-4-13(12)20-14/h1-5,7,17H,6,8-10H2,(H,18,22)(H,19,21). The monoisotopic (exact) mass is 295 g/mol. The van der Waals surface area contributed by atoms with Crippen LogP contribution in [0.15, 0.2) is 41.5 Å². The van der Waals surface area contributed by atoms with Gasteiger partial charge in [0, 0.05) is 12.7 Å². The highest BCUT2D eigenvalue weighted by molar-refractivity contribution is 6.44. The van der Waals surface area contributed by atoms with E-state index >= 15 is 0 Å². The fourth-order valence-electron chi connectivity index (χ4n) is 3.37. The number of fused-ring (bicyclic) bond motifs is 2. The van der Waals surface area contributed by atoms with Crippen LogP contribution in [0.5, 0.6) is 0 Å². The Kier molecular flexibility index (Phi) is 3.04. The van der Waals surface area contributed by atoms with Crippen molar-refractivity contribution in [3.8, 4) is 0 Å². The Morgan fingerprint density at radius 1 is 1.32 bits per heavy atom. The van der Waals surface area contributed by atoms with Gasteiger partial charge in [0.1, 0.15) is 5.71 Å². The second-order valence-electron chi connectivity index (χ2n) is 5.75. The van der Waals surface area contributed by atoms with E-state index in [9.17, 15) is 4.79 Å². The first-order valence-corrected chi connectivity index (χ1v) is 7.45. The highest BCUT2D eigenvalue weighted by Crippen LogP contribution is 2.43. The zero-order valence-corrected chi connectivity index (χ0v) is 12.1. The first kappa shape index (κ1) is 13.2. The molecule has 1 aromatic carbocycles. The van der Waals surface area contributed by atoms with Crippen LogP contribution in [0.2, 0.25) is 0 Å². The topological polar surface area (TPSA) is 82.2 Å². The number of benzene rings is 1. The number of amides is 1. The van der Waals surface area contributed by atoms with Crippen molar-refractivity contribution < 1.29 is 4.79 Å². The molecule has 2 aliphatic heterocycles. The van der Waals surface area contributed by atoms with Gasteiger partial charge in [-0.05, 0) is 30.7 Å². The third-order valence-corrected chi connectivity index (χ3v) is 4.47. The number of rotatable bonds is 3. The first-order valence-electron chi connectivity index (χ1n) is 7.45.